The number of hydrogen-bond donors (Lipinski definition) is 2. The summed E-state index contributed by atoms with van der Waals surface area (Å²) in [4.78, 5) is 18.0. The molecule has 0 spiro atoms. The zero-order valence-electron chi connectivity index (χ0n) is 8.99. The minimum absolute atomic E-state index is 0.400. The molecule has 5 heteroatoms. The highest BCUT2D eigenvalue weighted by Crippen LogP contribution is 2.11. The second kappa shape index (κ2) is 4.65. The van der Waals surface area contributed by atoms with E-state index in [0.717, 1.165) is 23.0 Å². The lowest BCUT2D eigenvalue weighted by atomic mass is 10.1. The van der Waals surface area contributed by atoms with Crippen LogP contribution in [-0.4, -0.2) is 29.7 Å². The van der Waals surface area contributed by atoms with Crippen LogP contribution in [0, 0.1) is 0 Å². The van der Waals surface area contributed by atoms with Crippen LogP contribution in [0.25, 0.3) is 11.0 Å². The number of alkyl carbamates (subject to hydrolysis) is 1. The van der Waals surface area contributed by atoms with Crippen molar-refractivity contribution in [1.82, 2.24) is 15.3 Å². The lowest BCUT2D eigenvalue weighted by Gasteiger charge is -2.03. The number of nitrogens with zero attached hydrogens (tertiary/aromatic N) is 1. The summed E-state index contributed by atoms with van der Waals surface area (Å²) in [5.41, 5.74) is 3.10. The van der Waals surface area contributed by atoms with E-state index in [1.165, 1.54) is 7.11 Å². The van der Waals surface area contributed by atoms with Crippen LogP contribution < -0.4 is 5.32 Å². The van der Waals surface area contributed by atoms with Crippen molar-refractivity contribution >= 4 is 17.1 Å². The van der Waals surface area contributed by atoms with Crippen LogP contribution in [0.3, 0.4) is 0 Å². The minimum atomic E-state index is -0.400. The molecule has 0 radical (unpaired) electrons. The molecule has 0 unspecified atom stereocenters. The Labute approximate surface area is 92.8 Å². The van der Waals surface area contributed by atoms with Gasteiger partial charge in [-0.25, -0.2) is 9.78 Å². The van der Waals surface area contributed by atoms with E-state index >= 15 is 0 Å². The molecule has 0 aliphatic carbocycles. The smallest absolute Gasteiger partial charge is 0.406 e. The van der Waals surface area contributed by atoms with Gasteiger partial charge >= 0.3 is 6.09 Å². The molecule has 0 aliphatic heterocycles. The molecule has 0 saturated carbocycles. The number of H-pyrrole nitrogens is 1. The first-order valence-electron chi connectivity index (χ1n) is 5.03. The molecular formula is C11H13N3O2. The van der Waals surface area contributed by atoms with Gasteiger partial charge in [0.25, 0.3) is 0 Å². The number of fused-ring (bicyclic) bond motifs is 1. The quantitative estimate of drug-likeness (QED) is 0.821. The summed E-state index contributed by atoms with van der Waals surface area (Å²) in [6.45, 7) is 0.562. The van der Waals surface area contributed by atoms with E-state index in [0.29, 0.717) is 6.54 Å². The third kappa shape index (κ3) is 2.31. The highest BCUT2D eigenvalue weighted by molar-refractivity contribution is 5.75. The normalized spacial score (nSPS) is 10.3. The minimum Gasteiger partial charge on any atom is -0.453 e. The third-order valence-electron chi connectivity index (χ3n) is 2.35. The lowest BCUT2D eigenvalue weighted by molar-refractivity contribution is 0.171. The van der Waals surface area contributed by atoms with Crippen molar-refractivity contribution in [3.63, 3.8) is 0 Å². The molecule has 1 heterocycles. The largest absolute Gasteiger partial charge is 0.453 e. The Hall–Kier alpha value is -2.04. The summed E-state index contributed by atoms with van der Waals surface area (Å²) < 4.78 is 4.48. The van der Waals surface area contributed by atoms with Crippen LogP contribution in [-0.2, 0) is 11.2 Å². The monoisotopic (exact) mass is 219 g/mol. The average molecular weight is 219 g/mol. The number of carbonyl (C=O) groups excluding carboxylic acids is 1. The van der Waals surface area contributed by atoms with Gasteiger partial charge in [0.15, 0.2) is 0 Å². The molecule has 5 nitrogen and oxygen atoms in total. The fraction of sp³-hybridized carbons (Fsp3) is 0.273. The Morgan fingerprint density at radius 2 is 2.44 bits per heavy atom. The Bertz CT molecular complexity index is 493. The van der Waals surface area contributed by atoms with E-state index in [-0.39, 0.29) is 0 Å². The number of amides is 1. The molecule has 1 aromatic heterocycles. The molecule has 0 aliphatic rings. The Balaban J connectivity index is 1.96. The van der Waals surface area contributed by atoms with E-state index in [9.17, 15) is 4.79 Å². The van der Waals surface area contributed by atoms with E-state index in [1.807, 2.05) is 18.2 Å². The van der Waals surface area contributed by atoms with Gasteiger partial charge in [-0.2, -0.15) is 0 Å². The first-order valence-corrected chi connectivity index (χ1v) is 5.03. The average Bonchev–Trinajstić information content (AvgIpc) is 2.76. The molecule has 2 rings (SSSR count). The molecule has 1 amide bonds. The van der Waals surface area contributed by atoms with Crippen molar-refractivity contribution in [2.24, 2.45) is 0 Å². The van der Waals surface area contributed by atoms with Crippen LogP contribution in [0.5, 0.6) is 0 Å². The summed E-state index contributed by atoms with van der Waals surface area (Å²) in [5, 5.41) is 2.64. The van der Waals surface area contributed by atoms with Gasteiger partial charge in [-0.3, -0.25) is 0 Å². The van der Waals surface area contributed by atoms with E-state index in [4.69, 9.17) is 0 Å². The maximum atomic E-state index is 10.8. The number of imidazole rings is 1. The van der Waals surface area contributed by atoms with Gasteiger partial charge in [0.1, 0.15) is 0 Å². The molecule has 2 N–H and O–H groups in total. The molecule has 16 heavy (non-hydrogen) atoms. The molecule has 0 saturated heterocycles. The maximum Gasteiger partial charge on any atom is 0.406 e. The van der Waals surface area contributed by atoms with Crippen molar-refractivity contribution in [1.29, 1.82) is 0 Å². The van der Waals surface area contributed by atoms with Crippen molar-refractivity contribution in [3.8, 4) is 0 Å². The summed E-state index contributed by atoms with van der Waals surface area (Å²) in [7, 11) is 1.35. The summed E-state index contributed by atoms with van der Waals surface area (Å²) >= 11 is 0. The van der Waals surface area contributed by atoms with Gasteiger partial charge in [0.05, 0.1) is 24.5 Å². The number of methoxy groups -OCH3 is 1. The number of carbonyl (C=O) groups is 1. The number of ether oxygens (including phenoxy) is 1. The van der Waals surface area contributed by atoms with Crippen LogP contribution >= 0.6 is 0 Å². The molecular weight excluding hydrogens is 206 g/mol. The number of hydrogen-bond acceptors (Lipinski definition) is 3. The second-order valence-electron chi connectivity index (χ2n) is 3.42. The number of aromatic amines is 1. The molecule has 2 aromatic rings. The highest BCUT2D eigenvalue weighted by Gasteiger charge is 2.00. The molecule has 84 valence electrons. The SMILES string of the molecule is COC(=O)NCCc1ccc2nc[nH]c2c1. The molecule has 0 fully saturated rings. The first-order chi connectivity index (χ1) is 7.79. The van der Waals surface area contributed by atoms with Crippen molar-refractivity contribution in [2.75, 3.05) is 13.7 Å². The number of benzene rings is 1. The fourth-order valence-electron chi connectivity index (χ4n) is 1.52. The van der Waals surface area contributed by atoms with Gasteiger partial charge in [0.2, 0.25) is 0 Å². The molecule has 0 atom stereocenters. The summed E-state index contributed by atoms with van der Waals surface area (Å²) in [5.74, 6) is 0. The Morgan fingerprint density at radius 1 is 1.56 bits per heavy atom. The number of aromatic nitrogens is 2. The molecule has 1 aromatic carbocycles. The van der Waals surface area contributed by atoms with Crippen molar-refractivity contribution in [3.05, 3.63) is 30.1 Å². The van der Waals surface area contributed by atoms with Gasteiger partial charge in [-0.1, -0.05) is 6.07 Å². The van der Waals surface area contributed by atoms with Crippen LogP contribution in [0.2, 0.25) is 0 Å². The standard InChI is InChI=1S/C11H13N3O2/c1-16-11(15)12-5-4-8-2-3-9-10(6-8)14-7-13-9/h2-3,6-7H,4-5H2,1H3,(H,12,15)(H,13,14). The Kier molecular flexibility index (Phi) is 3.05. The van der Waals surface area contributed by atoms with Crippen LogP contribution in [0.4, 0.5) is 4.79 Å². The van der Waals surface area contributed by atoms with Gasteiger partial charge in [0, 0.05) is 6.54 Å². The van der Waals surface area contributed by atoms with Crippen LogP contribution in [0.1, 0.15) is 5.56 Å². The van der Waals surface area contributed by atoms with Crippen molar-refractivity contribution in [2.45, 2.75) is 6.42 Å². The van der Waals surface area contributed by atoms with E-state index in [2.05, 4.69) is 20.0 Å². The van der Waals surface area contributed by atoms with E-state index < -0.39 is 6.09 Å². The predicted molar refractivity (Wildman–Crippen MR) is 60.2 cm³/mol. The number of nitrogens with one attached hydrogen (secondary N) is 2. The topological polar surface area (TPSA) is 67.0 Å². The molecule has 0 bridgehead atoms. The number of rotatable bonds is 3. The predicted octanol–water partition coefficient (Wildman–Crippen LogP) is 1.46. The first kappa shape index (κ1) is 10.5. The van der Waals surface area contributed by atoms with Gasteiger partial charge < -0.3 is 15.0 Å². The van der Waals surface area contributed by atoms with Gasteiger partial charge in [-0.05, 0) is 24.1 Å². The third-order valence-corrected chi connectivity index (χ3v) is 2.35. The van der Waals surface area contributed by atoms with Crippen LogP contribution in [0.15, 0.2) is 24.5 Å². The van der Waals surface area contributed by atoms with Gasteiger partial charge in [-0.15, -0.1) is 0 Å². The highest BCUT2D eigenvalue weighted by atomic mass is 16.5. The summed E-state index contributed by atoms with van der Waals surface area (Å²) in [6, 6.07) is 5.99. The zero-order chi connectivity index (χ0) is 11.4. The zero-order valence-corrected chi connectivity index (χ0v) is 8.99. The Morgan fingerprint density at radius 3 is 3.25 bits per heavy atom. The van der Waals surface area contributed by atoms with Crippen molar-refractivity contribution < 1.29 is 9.53 Å². The lowest BCUT2D eigenvalue weighted by Crippen LogP contribution is -2.25. The summed E-state index contributed by atoms with van der Waals surface area (Å²) in [6.07, 6.45) is 2.04. The fourth-order valence-corrected chi connectivity index (χ4v) is 1.52. The maximum absolute atomic E-state index is 10.8. The van der Waals surface area contributed by atoms with E-state index in [1.54, 1.807) is 6.33 Å². The second-order valence-corrected chi connectivity index (χ2v) is 3.42.